The Morgan fingerprint density at radius 1 is 0.900 bits per heavy atom. The SMILES string of the molecule is CCNS(=O)(=O)c1ccc(CCC(=O)N(Cc2ccc(F)cc2)C(C)C(=O)NCCc2ccc(OC)cc2)cc1. The standard InChI is InChI=1S/C30H36FN3O5S/c1-4-33-40(37,38)28-16-9-23(10-17-28)11-18-29(35)34(21-25-5-12-26(31)13-6-25)22(2)30(36)32-20-19-24-7-14-27(39-3)15-8-24/h5-10,12-17,22,33H,4,11,18-21H2,1-3H3,(H,32,36). The van der Waals surface area contributed by atoms with Crippen molar-refractivity contribution in [1.29, 1.82) is 0 Å². The van der Waals surface area contributed by atoms with Crippen LogP contribution in [0, 0.1) is 5.82 Å². The predicted molar refractivity (Wildman–Crippen MR) is 152 cm³/mol. The van der Waals surface area contributed by atoms with Crippen LogP contribution < -0.4 is 14.8 Å². The maximum atomic E-state index is 13.5. The Hall–Kier alpha value is -3.76. The van der Waals surface area contributed by atoms with Crippen molar-refractivity contribution in [3.63, 3.8) is 0 Å². The topological polar surface area (TPSA) is 105 Å². The van der Waals surface area contributed by atoms with Gasteiger partial charge in [-0.1, -0.05) is 43.3 Å². The number of benzene rings is 3. The van der Waals surface area contributed by atoms with E-state index in [0.29, 0.717) is 24.9 Å². The van der Waals surface area contributed by atoms with E-state index in [9.17, 15) is 22.4 Å². The second kappa shape index (κ2) is 14.6. The zero-order valence-corrected chi connectivity index (χ0v) is 23.8. The lowest BCUT2D eigenvalue weighted by Gasteiger charge is -2.29. The van der Waals surface area contributed by atoms with Gasteiger partial charge in [-0.2, -0.15) is 0 Å². The molecule has 2 amide bonds. The van der Waals surface area contributed by atoms with Crippen LogP contribution in [0.2, 0.25) is 0 Å². The van der Waals surface area contributed by atoms with Crippen molar-refractivity contribution < 1.29 is 27.1 Å². The van der Waals surface area contributed by atoms with E-state index in [2.05, 4.69) is 10.0 Å². The molecule has 3 aromatic carbocycles. The van der Waals surface area contributed by atoms with Crippen LogP contribution in [0.1, 0.15) is 37.0 Å². The molecular formula is C30H36FN3O5S. The molecule has 3 rings (SSSR count). The Labute approximate surface area is 235 Å². The van der Waals surface area contributed by atoms with Gasteiger partial charge in [0, 0.05) is 26.1 Å². The van der Waals surface area contributed by atoms with Crippen molar-refractivity contribution in [1.82, 2.24) is 14.9 Å². The lowest BCUT2D eigenvalue weighted by molar-refractivity contribution is -0.140. The van der Waals surface area contributed by atoms with Gasteiger partial charge in [0.1, 0.15) is 17.6 Å². The van der Waals surface area contributed by atoms with E-state index >= 15 is 0 Å². The summed E-state index contributed by atoms with van der Waals surface area (Å²) in [5, 5.41) is 2.91. The molecule has 10 heteroatoms. The van der Waals surface area contributed by atoms with Gasteiger partial charge in [0.25, 0.3) is 0 Å². The molecule has 0 radical (unpaired) electrons. The maximum absolute atomic E-state index is 13.5. The second-order valence-electron chi connectivity index (χ2n) is 9.36. The molecule has 0 fully saturated rings. The molecule has 0 spiro atoms. The van der Waals surface area contributed by atoms with Crippen LogP contribution in [0.25, 0.3) is 0 Å². The first kappa shape index (κ1) is 30.8. The van der Waals surface area contributed by atoms with Gasteiger partial charge >= 0.3 is 0 Å². The summed E-state index contributed by atoms with van der Waals surface area (Å²) in [4.78, 5) is 28.0. The minimum Gasteiger partial charge on any atom is -0.497 e. The number of carbonyl (C=O) groups excluding carboxylic acids is 2. The first-order valence-electron chi connectivity index (χ1n) is 13.2. The molecule has 8 nitrogen and oxygen atoms in total. The van der Waals surface area contributed by atoms with Crippen LogP contribution >= 0.6 is 0 Å². The number of nitrogens with one attached hydrogen (secondary N) is 2. The Kier molecular flexibility index (Phi) is 11.2. The van der Waals surface area contributed by atoms with Crippen molar-refractivity contribution >= 4 is 21.8 Å². The minimum atomic E-state index is -3.56. The molecule has 0 aliphatic rings. The van der Waals surface area contributed by atoms with Crippen LogP contribution in [-0.4, -0.2) is 51.4 Å². The zero-order chi connectivity index (χ0) is 29.1. The Balaban J connectivity index is 1.65. The molecule has 0 bridgehead atoms. The monoisotopic (exact) mass is 569 g/mol. The molecule has 0 saturated heterocycles. The third-order valence-corrected chi connectivity index (χ3v) is 8.06. The number of amides is 2. The van der Waals surface area contributed by atoms with E-state index in [1.165, 1.54) is 29.2 Å². The maximum Gasteiger partial charge on any atom is 0.242 e. The van der Waals surface area contributed by atoms with Crippen molar-refractivity contribution in [3.8, 4) is 5.75 Å². The molecule has 0 heterocycles. The first-order chi connectivity index (χ1) is 19.1. The number of ether oxygens (including phenoxy) is 1. The van der Waals surface area contributed by atoms with Crippen molar-refractivity contribution in [2.75, 3.05) is 20.2 Å². The molecule has 0 aromatic heterocycles. The molecule has 2 N–H and O–H groups in total. The van der Waals surface area contributed by atoms with E-state index < -0.39 is 16.1 Å². The molecule has 0 saturated carbocycles. The largest absolute Gasteiger partial charge is 0.497 e. The van der Waals surface area contributed by atoms with Gasteiger partial charge in [-0.25, -0.2) is 17.5 Å². The van der Waals surface area contributed by atoms with E-state index in [0.717, 1.165) is 16.9 Å². The first-order valence-corrected chi connectivity index (χ1v) is 14.6. The van der Waals surface area contributed by atoms with Gasteiger partial charge in [-0.05, 0) is 72.9 Å². The van der Waals surface area contributed by atoms with Gasteiger partial charge in [0.15, 0.2) is 0 Å². The third kappa shape index (κ3) is 8.89. The lowest BCUT2D eigenvalue weighted by atomic mass is 10.1. The summed E-state index contributed by atoms with van der Waals surface area (Å²) in [7, 11) is -1.96. The van der Waals surface area contributed by atoms with Crippen molar-refractivity contribution in [2.24, 2.45) is 0 Å². The smallest absolute Gasteiger partial charge is 0.242 e. The lowest BCUT2D eigenvalue weighted by Crippen LogP contribution is -2.48. The number of rotatable bonds is 14. The van der Waals surface area contributed by atoms with Gasteiger partial charge in [0.05, 0.1) is 12.0 Å². The van der Waals surface area contributed by atoms with E-state index in [1.54, 1.807) is 45.2 Å². The Bertz CT molecular complexity index is 1360. The van der Waals surface area contributed by atoms with Gasteiger partial charge < -0.3 is 15.0 Å². The van der Waals surface area contributed by atoms with Crippen molar-refractivity contribution in [3.05, 3.63) is 95.3 Å². The number of hydrogen-bond acceptors (Lipinski definition) is 5. The molecule has 1 unspecified atom stereocenters. The normalized spacial score (nSPS) is 12.0. The average Bonchev–Trinajstić information content (AvgIpc) is 2.95. The number of methoxy groups -OCH3 is 1. The molecule has 0 aliphatic carbocycles. The number of carbonyl (C=O) groups is 2. The average molecular weight is 570 g/mol. The highest BCUT2D eigenvalue weighted by molar-refractivity contribution is 7.89. The van der Waals surface area contributed by atoms with E-state index in [1.807, 2.05) is 24.3 Å². The minimum absolute atomic E-state index is 0.115. The van der Waals surface area contributed by atoms with Crippen LogP contribution in [-0.2, 0) is 39.0 Å². The molecule has 1 atom stereocenters. The highest BCUT2D eigenvalue weighted by atomic mass is 32.2. The summed E-state index contributed by atoms with van der Waals surface area (Å²) in [5.41, 5.74) is 2.53. The molecular weight excluding hydrogens is 533 g/mol. The van der Waals surface area contributed by atoms with Gasteiger partial charge in [-0.15, -0.1) is 0 Å². The summed E-state index contributed by atoms with van der Waals surface area (Å²) >= 11 is 0. The fourth-order valence-electron chi connectivity index (χ4n) is 4.14. The summed E-state index contributed by atoms with van der Waals surface area (Å²) < 4.78 is 45.4. The van der Waals surface area contributed by atoms with Crippen LogP contribution in [0.3, 0.4) is 0 Å². The Morgan fingerprint density at radius 3 is 2.08 bits per heavy atom. The number of hydrogen-bond donors (Lipinski definition) is 2. The predicted octanol–water partition coefficient (Wildman–Crippen LogP) is 3.84. The molecule has 0 aliphatic heterocycles. The Morgan fingerprint density at radius 2 is 1.48 bits per heavy atom. The summed E-state index contributed by atoms with van der Waals surface area (Å²) in [6.45, 7) is 4.21. The quantitative estimate of drug-likeness (QED) is 0.307. The summed E-state index contributed by atoms with van der Waals surface area (Å²) in [5.74, 6) is -0.162. The number of nitrogens with zero attached hydrogens (tertiary/aromatic N) is 1. The molecule has 3 aromatic rings. The fourth-order valence-corrected chi connectivity index (χ4v) is 5.18. The van der Waals surface area contributed by atoms with Gasteiger partial charge in [0.2, 0.25) is 21.8 Å². The zero-order valence-electron chi connectivity index (χ0n) is 23.0. The van der Waals surface area contributed by atoms with E-state index in [-0.39, 0.29) is 42.0 Å². The summed E-state index contributed by atoms with van der Waals surface area (Å²) in [6.07, 6.45) is 1.10. The molecule has 214 valence electrons. The highest BCUT2D eigenvalue weighted by Crippen LogP contribution is 2.16. The molecule has 40 heavy (non-hydrogen) atoms. The van der Waals surface area contributed by atoms with Crippen molar-refractivity contribution in [2.45, 2.75) is 50.6 Å². The van der Waals surface area contributed by atoms with Crippen LogP contribution in [0.4, 0.5) is 4.39 Å². The number of sulfonamides is 1. The summed E-state index contributed by atoms with van der Waals surface area (Å²) in [6, 6.07) is 19.0. The fraction of sp³-hybridized carbons (Fsp3) is 0.333. The third-order valence-electron chi connectivity index (χ3n) is 6.50. The number of aryl methyl sites for hydroxylation is 1. The van der Waals surface area contributed by atoms with Crippen LogP contribution in [0.5, 0.6) is 5.75 Å². The second-order valence-corrected chi connectivity index (χ2v) is 11.1. The highest BCUT2D eigenvalue weighted by Gasteiger charge is 2.26. The van der Waals surface area contributed by atoms with Crippen LogP contribution in [0.15, 0.2) is 77.7 Å². The number of halogens is 1. The van der Waals surface area contributed by atoms with E-state index in [4.69, 9.17) is 4.74 Å². The van der Waals surface area contributed by atoms with Gasteiger partial charge in [-0.3, -0.25) is 9.59 Å².